The molecule has 0 heterocycles. The SMILES string of the molecule is O=[N+]([O-])OC[C@@H](O[N+](=O)[O-])[C@@H](O)[C@H](O[N+](=O)[O-])[C@@H](CO[N+](=O)[O-])O[N+](=O)[O-]. The first-order valence-corrected chi connectivity index (χ1v) is 6.10. The van der Waals surface area contributed by atoms with Gasteiger partial charge in [0.2, 0.25) is 0 Å². The Labute approximate surface area is 144 Å². The zero-order chi connectivity index (χ0) is 21.1. The lowest BCUT2D eigenvalue weighted by Gasteiger charge is -2.30. The zero-order valence-electron chi connectivity index (χ0n) is 12.5. The van der Waals surface area contributed by atoms with Gasteiger partial charge in [-0.15, -0.1) is 50.6 Å². The quantitative estimate of drug-likeness (QED) is 0.216. The van der Waals surface area contributed by atoms with Crippen LogP contribution < -0.4 is 0 Å². The van der Waals surface area contributed by atoms with Gasteiger partial charge in [0.1, 0.15) is 19.3 Å². The van der Waals surface area contributed by atoms with Gasteiger partial charge in [0, 0.05) is 0 Å². The summed E-state index contributed by atoms with van der Waals surface area (Å²) in [5, 5.41) is 53.8. The van der Waals surface area contributed by atoms with Crippen molar-refractivity contribution in [3.8, 4) is 0 Å². The van der Waals surface area contributed by atoms with Crippen LogP contribution in [0.5, 0.6) is 0 Å². The van der Waals surface area contributed by atoms with E-state index in [-0.39, 0.29) is 0 Å². The molecule has 0 unspecified atom stereocenters. The molecule has 0 fully saturated rings. The number of nitrogens with zero attached hydrogens (tertiary/aromatic N) is 5. The van der Waals surface area contributed by atoms with E-state index in [0.29, 0.717) is 0 Å². The van der Waals surface area contributed by atoms with Crippen molar-refractivity contribution in [1.29, 1.82) is 0 Å². The molecular formula is C6H9N5O16. The maximum Gasteiger partial charge on any atom is 0.294 e. The van der Waals surface area contributed by atoms with Gasteiger partial charge in [-0.1, -0.05) is 0 Å². The number of aliphatic hydroxyl groups excluding tert-OH is 1. The molecule has 0 aromatic rings. The molecule has 0 aliphatic heterocycles. The van der Waals surface area contributed by atoms with Gasteiger partial charge < -0.3 is 29.3 Å². The molecule has 21 heteroatoms. The lowest BCUT2D eigenvalue weighted by atomic mass is 10.0. The van der Waals surface area contributed by atoms with Crippen LogP contribution in [-0.2, 0) is 24.2 Å². The number of aliphatic hydroxyl groups is 1. The smallest absolute Gasteiger partial charge is 0.294 e. The van der Waals surface area contributed by atoms with Crippen molar-refractivity contribution in [3.05, 3.63) is 50.6 Å². The maximum atomic E-state index is 10.5. The van der Waals surface area contributed by atoms with E-state index < -0.39 is 63.1 Å². The number of rotatable bonds is 15. The summed E-state index contributed by atoms with van der Waals surface area (Å²) in [6.07, 6.45) is -9.94. The third kappa shape index (κ3) is 9.75. The molecule has 0 saturated heterocycles. The van der Waals surface area contributed by atoms with Crippen molar-refractivity contribution in [2.75, 3.05) is 13.2 Å². The highest BCUT2D eigenvalue weighted by Gasteiger charge is 2.41. The molecule has 0 aliphatic rings. The third-order valence-corrected chi connectivity index (χ3v) is 2.42. The van der Waals surface area contributed by atoms with Crippen LogP contribution in [0.1, 0.15) is 0 Å². The molecule has 0 aromatic heterocycles. The zero-order valence-corrected chi connectivity index (χ0v) is 12.5. The fourth-order valence-electron chi connectivity index (χ4n) is 1.53. The van der Waals surface area contributed by atoms with Gasteiger partial charge in [-0.2, -0.15) is 0 Å². The maximum absolute atomic E-state index is 10.5. The summed E-state index contributed by atoms with van der Waals surface area (Å²) < 4.78 is 0. The molecule has 27 heavy (non-hydrogen) atoms. The topological polar surface area (TPSA) is 282 Å². The van der Waals surface area contributed by atoms with Crippen molar-refractivity contribution in [2.45, 2.75) is 24.4 Å². The second kappa shape index (κ2) is 10.7. The highest BCUT2D eigenvalue weighted by molar-refractivity contribution is 4.82. The van der Waals surface area contributed by atoms with E-state index in [2.05, 4.69) is 24.2 Å². The van der Waals surface area contributed by atoms with Crippen LogP contribution in [0.15, 0.2) is 0 Å². The highest BCUT2D eigenvalue weighted by atomic mass is 17.0. The van der Waals surface area contributed by atoms with E-state index in [1.54, 1.807) is 0 Å². The number of hydrogen-bond acceptors (Lipinski definition) is 16. The molecule has 4 atom stereocenters. The third-order valence-electron chi connectivity index (χ3n) is 2.42. The number of hydrogen-bond donors (Lipinski definition) is 1. The molecule has 0 spiro atoms. The average Bonchev–Trinajstić information content (AvgIpc) is 2.51. The molecule has 154 valence electrons. The Morgan fingerprint density at radius 2 is 1.00 bits per heavy atom. The van der Waals surface area contributed by atoms with Gasteiger partial charge in [0.05, 0.1) is 0 Å². The monoisotopic (exact) mass is 407 g/mol. The van der Waals surface area contributed by atoms with E-state index in [9.17, 15) is 55.7 Å². The van der Waals surface area contributed by atoms with Crippen LogP contribution in [0.25, 0.3) is 0 Å². The van der Waals surface area contributed by atoms with Crippen molar-refractivity contribution >= 4 is 0 Å². The predicted octanol–water partition coefficient (Wildman–Crippen LogP) is -2.51. The first-order chi connectivity index (χ1) is 12.4. The fraction of sp³-hybridized carbons (Fsp3) is 1.00. The summed E-state index contributed by atoms with van der Waals surface area (Å²) in [6, 6.07) is 0. The summed E-state index contributed by atoms with van der Waals surface area (Å²) >= 11 is 0. The fourth-order valence-corrected chi connectivity index (χ4v) is 1.53. The van der Waals surface area contributed by atoms with Crippen LogP contribution in [0, 0.1) is 50.6 Å². The molecule has 0 aromatic carbocycles. The van der Waals surface area contributed by atoms with Crippen LogP contribution in [0.4, 0.5) is 0 Å². The molecule has 1 N–H and O–H groups in total. The largest absolute Gasteiger partial charge is 0.388 e. The lowest BCUT2D eigenvalue weighted by molar-refractivity contribution is -0.815. The Morgan fingerprint density at radius 3 is 1.37 bits per heavy atom. The summed E-state index contributed by atoms with van der Waals surface area (Å²) in [7, 11) is 0. The molecule has 0 amide bonds. The van der Waals surface area contributed by atoms with E-state index in [4.69, 9.17) is 0 Å². The van der Waals surface area contributed by atoms with Crippen LogP contribution in [0.2, 0.25) is 0 Å². The molecule has 0 radical (unpaired) electrons. The van der Waals surface area contributed by atoms with Gasteiger partial charge in [-0.05, 0) is 0 Å². The summed E-state index contributed by atoms with van der Waals surface area (Å²) in [5.74, 6) is 0. The van der Waals surface area contributed by atoms with Crippen molar-refractivity contribution in [2.24, 2.45) is 0 Å². The standard InChI is InChI=1S/C6H9N5O16/c12-5(3(25-9(17)18)1-23-7(13)14)6(27-11(21)22)4(26-10(19)20)2-24-8(15)16/h3-6,12H,1-2H2/t3-,4-,5-,6-/m1/s1. The Hall–Kier alpha value is -4.04. The van der Waals surface area contributed by atoms with E-state index in [1.807, 2.05) is 0 Å². The van der Waals surface area contributed by atoms with Crippen molar-refractivity contribution < 1.29 is 54.7 Å². The molecular weight excluding hydrogens is 398 g/mol. The second-order valence-corrected chi connectivity index (χ2v) is 4.06. The summed E-state index contributed by atoms with van der Waals surface area (Å²) in [4.78, 5) is 70.7. The molecule has 0 aliphatic carbocycles. The van der Waals surface area contributed by atoms with Crippen LogP contribution in [-0.4, -0.2) is 68.2 Å². The first kappa shape index (κ1) is 23.0. The van der Waals surface area contributed by atoms with E-state index >= 15 is 0 Å². The first-order valence-electron chi connectivity index (χ1n) is 6.10. The van der Waals surface area contributed by atoms with E-state index in [0.717, 1.165) is 0 Å². The van der Waals surface area contributed by atoms with Crippen LogP contribution >= 0.6 is 0 Å². The summed E-state index contributed by atoms with van der Waals surface area (Å²) in [6.45, 7) is -2.79. The van der Waals surface area contributed by atoms with Crippen molar-refractivity contribution in [3.63, 3.8) is 0 Å². The predicted molar refractivity (Wildman–Crippen MR) is 67.5 cm³/mol. The van der Waals surface area contributed by atoms with Gasteiger partial charge in [-0.3, -0.25) is 0 Å². The highest BCUT2D eigenvalue weighted by Crippen LogP contribution is 2.16. The Bertz CT molecular complexity index is 568. The van der Waals surface area contributed by atoms with Crippen LogP contribution in [0.3, 0.4) is 0 Å². The summed E-state index contributed by atoms with van der Waals surface area (Å²) in [5.41, 5.74) is 0. The Morgan fingerprint density at radius 1 is 0.630 bits per heavy atom. The van der Waals surface area contributed by atoms with Gasteiger partial charge in [-0.25, -0.2) is 0 Å². The van der Waals surface area contributed by atoms with E-state index in [1.165, 1.54) is 0 Å². The lowest BCUT2D eigenvalue weighted by Crippen LogP contribution is -2.53. The Kier molecular flexibility index (Phi) is 9.14. The van der Waals surface area contributed by atoms with Gasteiger partial charge >= 0.3 is 0 Å². The average molecular weight is 407 g/mol. The molecule has 0 bridgehead atoms. The normalized spacial score (nSPS) is 14.6. The minimum absolute atomic E-state index is 1.38. The molecule has 0 rings (SSSR count). The van der Waals surface area contributed by atoms with Gasteiger partial charge in [0.15, 0.2) is 18.3 Å². The minimum Gasteiger partial charge on any atom is -0.388 e. The second-order valence-electron chi connectivity index (χ2n) is 4.06. The molecule has 21 nitrogen and oxygen atoms in total. The van der Waals surface area contributed by atoms with Crippen molar-refractivity contribution in [1.82, 2.24) is 0 Å². The Balaban J connectivity index is 5.64. The van der Waals surface area contributed by atoms with Gasteiger partial charge in [0.25, 0.3) is 25.4 Å². The molecule has 0 saturated carbocycles. The minimum atomic E-state index is -2.62.